The molecule has 0 amide bonds. The van der Waals surface area contributed by atoms with Crippen LogP contribution in [0.25, 0.3) is 0 Å². The zero-order valence-electron chi connectivity index (χ0n) is 12.0. The van der Waals surface area contributed by atoms with Gasteiger partial charge in [-0.3, -0.25) is 9.59 Å². The molecule has 1 aromatic carbocycles. The Morgan fingerprint density at radius 1 is 1.43 bits per heavy atom. The first-order chi connectivity index (χ1) is 10.1. The zero-order chi connectivity index (χ0) is 14.8. The number of hydrogen-bond donors (Lipinski definition) is 0. The van der Waals surface area contributed by atoms with Gasteiger partial charge in [0.05, 0.1) is 6.10 Å². The fraction of sp³-hybridized carbons (Fsp3) is 0.500. The number of rotatable bonds is 4. The van der Waals surface area contributed by atoms with E-state index >= 15 is 0 Å². The van der Waals surface area contributed by atoms with Crippen LogP contribution in [0.4, 0.5) is 0 Å². The standard InChI is InChI=1S/C16H18O5/c1-10(17)21-15-8-11-7-12(4-5-14(11)16(15)18)20-9-13-3-2-6-19-13/h4-5,7,13,15H,2-3,6,8-9H2,1H3. The van der Waals surface area contributed by atoms with Crippen molar-refractivity contribution in [2.75, 3.05) is 13.2 Å². The minimum absolute atomic E-state index is 0.133. The maximum Gasteiger partial charge on any atom is 0.303 e. The van der Waals surface area contributed by atoms with Crippen LogP contribution in [0, 0.1) is 0 Å². The summed E-state index contributed by atoms with van der Waals surface area (Å²) in [5.41, 5.74) is 1.49. The van der Waals surface area contributed by atoms with Gasteiger partial charge in [0.1, 0.15) is 12.4 Å². The van der Waals surface area contributed by atoms with Gasteiger partial charge in [0, 0.05) is 25.5 Å². The van der Waals surface area contributed by atoms with E-state index in [1.807, 2.05) is 6.07 Å². The van der Waals surface area contributed by atoms with Gasteiger partial charge in [0.25, 0.3) is 0 Å². The fourth-order valence-electron chi connectivity index (χ4n) is 2.80. The number of fused-ring (bicyclic) bond motifs is 1. The summed E-state index contributed by atoms with van der Waals surface area (Å²) in [6.07, 6.45) is 2.00. The molecule has 0 radical (unpaired) electrons. The Kier molecular flexibility index (Phi) is 3.92. The van der Waals surface area contributed by atoms with Crippen molar-refractivity contribution >= 4 is 11.8 Å². The summed E-state index contributed by atoms with van der Waals surface area (Å²) >= 11 is 0. The van der Waals surface area contributed by atoms with E-state index in [0.717, 1.165) is 30.8 Å². The third-order valence-electron chi connectivity index (χ3n) is 3.81. The Morgan fingerprint density at radius 3 is 3.00 bits per heavy atom. The van der Waals surface area contributed by atoms with Gasteiger partial charge < -0.3 is 14.2 Å². The van der Waals surface area contributed by atoms with Crippen LogP contribution in [0.1, 0.15) is 35.7 Å². The van der Waals surface area contributed by atoms with Gasteiger partial charge in [0.2, 0.25) is 5.78 Å². The lowest BCUT2D eigenvalue weighted by Crippen LogP contribution is -2.22. The number of Topliss-reactive ketones (excluding diaryl/α,β-unsaturated/α-hetero) is 1. The van der Waals surface area contributed by atoms with Crippen LogP contribution in [0.5, 0.6) is 5.75 Å². The molecule has 1 heterocycles. The molecule has 0 N–H and O–H groups in total. The van der Waals surface area contributed by atoms with Crippen molar-refractivity contribution < 1.29 is 23.8 Å². The number of esters is 1. The van der Waals surface area contributed by atoms with Gasteiger partial charge in [0.15, 0.2) is 6.10 Å². The average molecular weight is 290 g/mol. The molecule has 2 unspecified atom stereocenters. The number of carbonyl (C=O) groups is 2. The first-order valence-corrected chi connectivity index (χ1v) is 7.22. The number of ether oxygens (including phenoxy) is 3. The molecule has 0 aromatic heterocycles. The highest BCUT2D eigenvalue weighted by Crippen LogP contribution is 2.28. The van der Waals surface area contributed by atoms with E-state index in [1.165, 1.54) is 6.92 Å². The first kappa shape index (κ1) is 14.1. The van der Waals surface area contributed by atoms with Crippen LogP contribution in [0.3, 0.4) is 0 Å². The molecule has 2 aliphatic rings. The van der Waals surface area contributed by atoms with Crippen LogP contribution in [0.15, 0.2) is 18.2 Å². The van der Waals surface area contributed by atoms with E-state index in [9.17, 15) is 9.59 Å². The van der Waals surface area contributed by atoms with Crippen LogP contribution in [-0.4, -0.2) is 37.2 Å². The Bertz CT molecular complexity index is 560. The molecule has 0 bridgehead atoms. The van der Waals surface area contributed by atoms with E-state index in [2.05, 4.69) is 0 Å². The van der Waals surface area contributed by atoms with Crippen molar-refractivity contribution in [3.05, 3.63) is 29.3 Å². The lowest BCUT2D eigenvalue weighted by atomic mass is 10.1. The molecule has 5 heteroatoms. The van der Waals surface area contributed by atoms with Gasteiger partial charge in [-0.25, -0.2) is 0 Å². The van der Waals surface area contributed by atoms with Gasteiger partial charge in [-0.05, 0) is 36.6 Å². The average Bonchev–Trinajstić information content (AvgIpc) is 3.05. The molecule has 21 heavy (non-hydrogen) atoms. The second-order valence-corrected chi connectivity index (χ2v) is 5.43. The lowest BCUT2D eigenvalue weighted by Gasteiger charge is -2.12. The number of hydrogen-bond acceptors (Lipinski definition) is 5. The molecule has 2 atom stereocenters. The van der Waals surface area contributed by atoms with Crippen LogP contribution in [-0.2, 0) is 20.7 Å². The normalized spacial score (nSPS) is 24.0. The summed E-state index contributed by atoms with van der Waals surface area (Å²) in [5, 5.41) is 0. The monoisotopic (exact) mass is 290 g/mol. The molecular weight excluding hydrogens is 272 g/mol. The minimum Gasteiger partial charge on any atom is -0.491 e. The minimum atomic E-state index is -0.689. The van der Waals surface area contributed by atoms with Crippen LogP contribution < -0.4 is 4.74 Å². The van der Waals surface area contributed by atoms with Gasteiger partial charge >= 0.3 is 5.97 Å². The Labute approximate surface area is 123 Å². The van der Waals surface area contributed by atoms with Gasteiger partial charge in [-0.2, -0.15) is 0 Å². The highest BCUT2D eigenvalue weighted by molar-refractivity contribution is 6.04. The summed E-state index contributed by atoms with van der Waals surface area (Å²) < 4.78 is 16.3. The molecular formula is C16H18O5. The van der Waals surface area contributed by atoms with E-state index in [0.29, 0.717) is 18.6 Å². The molecule has 1 fully saturated rings. The van der Waals surface area contributed by atoms with E-state index in [1.54, 1.807) is 12.1 Å². The Morgan fingerprint density at radius 2 is 2.29 bits per heavy atom. The van der Waals surface area contributed by atoms with Crippen molar-refractivity contribution in [2.45, 2.75) is 38.4 Å². The fourth-order valence-corrected chi connectivity index (χ4v) is 2.80. The Hall–Kier alpha value is -1.88. The molecule has 1 aliphatic heterocycles. The maximum absolute atomic E-state index is 12.1. The van der Waals surface area contributed by atoms with Crippen molar-refractivity contribution in [3.8, 4) is 5.75 Å². The van der Waals surface area contributed by atoms with Crippen LogP contribution >= 0.6 is 0 Å². The smallest absolute Gasteiger partial charge is 0.303 e. The third-order valence-corrected chi connectivity index (χ3v) is 3.81. The quantitative estimate of drug-likeness (QED) is 0.793. The predicted octanol–water partition coefficient (Wildman–Crippen LogP) is 1.91. The summed E-state index contributed by atoms with van der Waals surface area (Å²) in [7, 11) is 0. The second-order valence-electron chi connectivity index (χ2n) is 5.43. The van der Waals surface area contributed by atoms with Crippen molar-refractivity contribution in [3.63, 3.8) is 0 Å². The predicted molar refractivity (Wildman–Crippen MR) is 74.5 cm³/mol. The van der Waals surface area contributed by atoms with E-state index in [4.69, 9.17) is 14.2 Å². The first-order valence-electron chi connectivity index (χ1n) is 7.22. The third kappa shape index (κ3) is 3.08. The van der Waals surface area contributed by atoms with E-state index < -0.39 is 12.1 Å². The molecule has 3 rings (SSSR count). The van der Waals surface area contributed by atoms with E-state index in [-0.39, 0.29) is 11.9 Å². The van der Waals surface area contributed by atoms with Gasteiger partial charge in [-0.15, -0.1) is 0 Å². The molecule has 0 saturated carbocycles. The molecule has 5 nitrogen and oxygen atoms in total. The largest absolute Gasteiger partial charge is 0.491 e. The SMILES string of the molecule is CC(=O)OC1Cc2cc(OCC3CCCO3)ccc2C1=O. The second kappa shape index (κ2) is 5.85. The molecule has 1 saturated heterocycles. The van der Waals surface area contributed by atoms with Gasteiger partial charge in [-0.1, -0.05) is 0 Å². The maximum atomic E-state index is 12.1. The molecule has 1 aromatic rings. The molecule has 0 spiro atoms. The topological polar surface area (TPSA) is 61.8 Å². The summed E-state index contributed by atoms with van der Waals surface area (Å²) in [6.45, 7) is 2.64. The zero-order valence-corrected chi connectivity index (χ0v) is 12.0. The summed E-state index contributed by atoms with van der Waals surface area (Å²) in [4.78, 5) is 23.1. The van der Waals surface area contributed by atoms with Crippen molar-refractivity contribution in [1.82, 2.24) is 0 Å². The molecule has 112 valence electrons. The number of benzene rings is 1. The Balaban J connectivity index is 1.66. The number of carbonyl (C=O) groups excluding carboxylic acids is 2. The molecule has 1 aliphatic carbocycles. The van der Waals surface area contributed by atoms with Crippen molar-refractivity contribution in [1.29, 1.82) is 0 Å². The summed E-state index contributed by atoms with van der Waals surface area (Å²) in [6, 6.07) is 5.37. The number of ketones is 1. The highest BCUT2D eigenvalue weighted by atomic mass is 16.5. The van der Waals surface area contributed by atoms with Crippen LogP contribution in [0.2, 0.25) is 0 Å². The van der Waals surface area contributed by atoms with Crippen molar-refractivity contribution in [2.24, 2.45) is 0 Å². The summed E-state index contributed by atoms with van der Waals surface area (Å²) in [5.74, 6) is 0.155. The lowest BCUT2D eigenvalue weighted by molar-refractivity contribution is -0.144. The highest BCUT2D eigenvalue weighted by Gasteiger charge is 2.33.